The van der Waals surface area contributed by atoms with E-state index in [0.717, 1.165) is 65.5 Å². The number of hydrogen-bond acceptors (Lipinski definition) is 9. The van der Waals surface area contributed by atoms with Crippen LogP contribution in [-0.4, -0.2) is 60.6 Å². The van der Waals surface area contributed by atoms with Gasteiger partial charge in [-0.15, -0.1) is 0 Å². The number of piperidine rings is 1. The smallest absolute Gasteiger partial charge is 0.451 e. The van der Waals surface area contributed by atoms with E-state index in [9.17, 15) is 27.6 Å². The minimum Gasteiger partial charge on any atom is -0.481 e. The first-order valence-corrected chi connectivity index (χ1v) is 18.5. The number of nitrogens with one attached hydrogen (secondary N) is 2. The number of carbonyl (C=O) groups is 1. The van der Waals surface area contributed by atoms with E-state index in [-0.39, 0.29) is 33.6 Å². The first kappa shape index (κ1) is 37.0. The molecule has 8 rings (SSSR count). The minimum atomic E-state index is -4.98. The van der Waals surface area contributed by atoms with Crippen molar-refractivity contribution >= 4 is 51.6 Å². The molecule has 0 radical (unpaired) electrons. The van der Waals surface area contributed by atoms with E-state index in [1.54, 1.807) is 31.4 Å². The molecule has 0 unspecified atom stereocenters. The van der Waals surface area contributed by atoms with Crippen LogP contribution < -0.4 is 26.6 Å². The number of halogens is 5. The van der Waals surface area contributed by atoms with Crippen LogP contribution in [0.2, 0.25) is 10.0 Å². The van der Waals surface area contributed by atoms with Crippen molar-refractivity contribution in [1.29, 1.82) is 0 Å². The average molecular weight is 796 g/mol. The Morgan fingerprint density at radius 3 is 2.40 bits per heavy atom. The Morgan fingerprint density at radius 2 is 1.67 bits per heavy atom. The van der Waals surface area contributed by atoms with E-state index >= 15 is 0 Å². The Labute approximate surface area is 322 Å². The van der Waals surface area contributed by atoms with Crippen molar-refractivity contribution in [1.82, 2.24) is 34.3 Å². The van der Waals surface area contributed by atoms with Crippen LogP contribution in [-0.2, 0) is 31.5 Å². The summed E-state index contributed by atoms with van der Waals surface area (Å²) in [5.74, 6) is -1.40. The number of nitrogens with zero attached hydrogens (tertiary/aromatic N) is 6. The van der Waals surface area contributed by atoms with Gasteiger partial charge in [0.05, 0.1) is 34.1 Å². The van der Waals surface area contributed by atoms with Crippen molar-refractivity contribution in [2.24, 2.45) is 14.1 Å². The molecule has 2 aliphatic heterocycles. The second-order valence-corrected chi connectivity index (χ2v) is 15.1. The second-order valence-electron chi connectivity index (χ2n) is 14.3. The van der Waals surface area contributed by atoms with Crippen LogP contribution >= 0.6 is 23.2 Å². The molecule has 1 amide bonds. The topological polar surface area (TPSA) is 136 Å². The van der Waals surface area contributed by atoms with Crippen molar-refractivity contribution in [3.63, 3.8) is 0 Å². The largest absolute Gasteiger partial charge is 0.481 e. The first-order chi connectivity index (χ1) is 26.2. The number of benzene rings is 2. The molecule has 12 nitrogen and oxygen atoms in total. The maximum absolute atomic E-state index is 13.9. The number of likely N-dealkylation sites (tertiary alicyclic amines) is 1. The highest BCUT2D eigenvalue weighted by Gasteiger charge is 2.45. The third-order valence-corrected chi connectivity index (χ3v) is 11.8. The highest BCUT2D eigenvalue weighted by Crippen LogP contribution is 2.47. The summed E-state index contributed by atoms with van der Waals surface area (Å²) < 4.78 is 49.3. The van der Waals surface area contributed by atoms with E-state index in [1.807, 2.05) is 12.1 Å². The molecule has 2 atom stereocenters. The lowest BCUT2D eigenvalue weighted by Gasteiger charge is -2.35. The first-order valence-electron chi connectivity index (χ1n) is 17.7. The summed E-state index contributed by atoms with van der Waals surface area (Å²) in [7, 11) is 4.02. The van der Waals surface area contributed by atoms with Gasteiger partial charge in [0.15, 0.2) is 5.65 Å². The summed E-state index contributed by atoms with van der Waals surface area (Å²) in [6, 6.07) is 12.4. The monoisotopic (exact) mass is 794 g/mol. The van der Waals surface area contributed by atoms with Gasteiger partial charge < -0.3 is 15.4 Å². The van der Waals surface area contributed by atoms with Crippen LogP contribution in [0.15, 0.2) is 52.1 Å². The highest BCUT2D eigenvalue weighted by molar-refractivity contribution is 6.39. The molecule has 1 aliphatic carbocycles. The molecule has 0 bridgehead atoms. The van der Waals surface area contributed by atoms with Gasteiger partial charge in [-0.05, 0) is 49.8 Å². The van der Waals surface area contributed by atoms with Crippen molar-refractivity contribution in [3.8, 4) is 28.3 Å². The van der Waals surface area contributed by atoms with Gasteiger partial charge in [-0.2, -0.15) is 13.2 Å². The molecule has 2 fully saturated rings. The number of alkyl halides is 3. The van der Waals surface area contributed by atoms with Gasteiger partial charge in [-0.25, -0.2) is 19.7 Å². The maximum Gasteiger partial charge on any atom is 0.451 e. The third kappa shape index (κ3) is 6.31. The summed E-state index contributed by atoms with van der Waals surface area (Å²) >= 11 is 14.1. The maximum atomic E-state index is 13.9. The van der Waals surface area contributed by atoms with Gasteiger partial charge in [0.25, 0.3) is 5.56 Å². The molecule has 2 N–H and O–H groups in total. The molecule has 0 saturated carbocycles. The Balaban J connectivity index is 1.15. The number of fused-ring (bicyclic) bond motifs is 2. The molecule has 2 saturated heterocycles. The van der Waals surface area contributed by atoms with Gasteiger partial charge in [0.1, 0.15) is 11.2 Å². The summed E-state index contributed by atoms with van der Waals surface area (Å²) in [6.45, 7) is 1.65. The zero-order valence-corrected chi connectivity index (χ0v) is 31.5. The van der Waals surface area contributed by atoms with E-state index in [4.69, 9.17) is 32.9 Å². The molecule has 5 heterocycles. The number of anilines is 2. The Bertz CT molecular complexity index is 2540. The predicted octanol–water partition coefficient (Wildman–Crippen LogP) is 6.57. The zero-order chi connectivity index (χ0) is 39.0. The van der Waals surface area contributed by atoms with Crippen LogP contribution in [0.1, 0.15) is 55.1 Å². The fraction of sp³-hybridized carbons (Fsp3) is 0.368. The van der Waals surface area contributed by atoms with Gasteiger partial charge in [0, 0.05) is 61.9 Å². The van der Waals surface area contributed by atoms with E-state index in [2.05, 4.69) is 25.5 Å². The molecular formula is C38H35Cl2F3N8O4. The Hall–Kier alpha value is -4.99. The summed E-state index contributed by atoms with van der Waals surface area (Å²) in [4.78, 5) is 52.6. The van der Waals surface area contributed by atoms with Gasteiger partial charge in [-0.1, -0.05) is 53.5 Å². The number of aryl methyl sites for hydroxylation is 2. The zero-order valence-electron chi connectivity index (χ0n) is 30.0. The summed E-state index contributed by atoms with van der Waals surface area (Å²) in [5.41, 5.74) is 2.03. The van der Waals surface area contributed by atoms with Gasteiger partial charge in [-0.3, -0.25) is 23.6 Å². The molecule has 3 aromatic heterocycles. The lowest BCUT2D eigenvalue weighted by Crippen LogP contribution is -2.53. The molecule has 1 spiro atoms. The number of ether oxygens (including phenoxy) is 1. The molecule has 17 heteroatoms. The lowest BCUT2D eigenvalue weighted by molar-refractivity contribution is -0.144. The summed E-state index contributed by atoms with van der Waals surface area (Å²) in [6.07, 6.45) is 0.0618. The number of rotatable bonds is 6. The number of carbonyl (C=O) groups excluding carboxylic acids is 1. The third-order valence-electron chi connectivity index (χ3n) is 11.0. The molecule has 286 valence electrons. The number of amides is 1. The number of aromatic nitrogens is 5. The fourth-order valence-corrected chi connectivity index (χ4v) is 8.90. The van der Waals surface area contributed by atoms with Crippen LogP contribution in [0.3, 0.4) is 0 Å². The number of methoxy groups -OCH3 is 1. The van der Waals surface area contributed by atoms with Gasteiger partial charge in [0.2, 0.25) is 17.6 Å². The molecular weight excluding hydrogens is 760 g/mol. The molecule has 5 aromatic rings. The van der Waals surface area contributed by atoms with Gasteiger partial charge >= 0.3 is 11.9 Å². The Kier molecular flexibility index (Phi) is 9.16. The second kappa shape index (κ2) is 13.6. The normalized spacial score (nSPS) is 19.9. The Morgan fingerprint density at radius 1 is 0.945 bits per heavy atom. The standard InChI is InChI=1S/C38H35Cl2F3N8O4/c1-49-32-28(34(53)50(2)36(49)54)31(46-35(47-32)38(41,42)43)44-23-10-5-8-21(30(23)40)20-7-4-9-22(29(20)39)24-17-19-12-13-25(27(19)33(45-24)55-3)51-16-15-37(18-51)14-6-11-26(52)48-37/h4-5,7-10,17,25H,6,11-16,18H2,1-3H3,(H,48,52)(H,44,46,47)/t25-,37-/m1/s1. The lowest BCUT2D eigenvalue weighted by atomic mass is 9.88. The number of pyridine rings is 1. The van der Waals surface area contributed by atoms with E-state index in [0.29, 0.717) is 39.7 Å². The van der Waals surface area contributed by atoms with Crippen LogP contribution in [0, 0.1) is 0 Å². The molecule has 3 aliphatic rings. The van der Waals surface area contributed by atoms with Crippen LogP contribution in [0.25, 0.3) is 33.4 Å². The van der Waals surface area contributed by atoms with Crippen molar-refractivity contribution in [2.45, 2.75) is 56.3 Å². The van der Waals surface area contributed by atoms with E-state index < -0.39 is 34.7 Å². The fourth-order valence-electron chi connectivity index (χ4n) is 8.30. The van der Waals surface area contributed by atoms with E-state index in [1.165, 1.54) is 20.2 Å². The average Bonchev–Trinajstić information content (AvgIpc) is 3.77. The molecule has 2 aromatic carbocycles. The van der Waals surface area contributed by atoms with Crippen molar-refractivity contribution in [2.75, 3.05) is 25.5 Å². The van der Waals surface area contributed by atoms with Crippen LogP contribution in [0.4, 0.5) is 24.7 Å². The minimum absolute atomic E-state index is 0.0865. The SMILES string of the molecule is COc1nc(-c2cccc(-c3cccc(Nc4nc(C(F)(F)F)nc5c4c(=O)n(C)c(=O)n5C)c3Cl)c2Cl)cc2c1[C@H](N1CC[C@]3(CCCC(=O)N3)C1)CC2. The number of hydrogen-bond donors (Lipinski definition) is 2. The van der Waals surface area contributed by atoms with Crippen LogP contribution in [0.5, 0.6) is 5.88 Å². The highest BCUT2D eigenvalue weighted by atomic mass is 35.5. The van der Waals surface area contributed by atoms with Crippen molar-refractivity contribution < 1.29 is 22.7 Å². The van der Waals surface area contributed by atoms with Crippen molar-refractivity contribution in [3.05, 3.63) is 90.3 Å². The predicted molar refractivity (Wildman–Crippen MR) is 202 cm³/mol. The molecule has 55 heavy (non-hydrogen) atoms. The summed E-state index contributed by atoms with van der Waals surface area (Å²) in [5, 5.41) is 6.16. The quantitative estimate of drug-likeness (QED) is 0.196.